The third-order valence-corrected chi connectivity index (χ3v) is 3.24. The van der Waals surface area contributed by atoms with Crippen molar-refractivity contribution in [3.8, 4) is 0 Å². The second-order valence-electron chi connectivity index (χ2n) is 4.71. The maximum atomic E-state index is 15.0. The summed E-state index contributed by atoms with van der Waals surface area (Å²) in [5.74, 6) is -1.55. The van der Waals surface area contributed by atoms with Gasteiger partial charge in [0.05, 0.1) is 0 Å². The zero-order valence-corrected chi connectivity index (χ0v) is 11.2. The highest BCUT2D eigenvalue weighted by atomic mass is 19.1. The molecule has 0 bridgehead atoms. The van der Waals surface area contributed by atoms with Gasteiger partial charge in [-0.25, -0.2) is 4.39 Å². The summed E-state index contributed by atoms with van der Waals surface area (Å²) in [5, 5.41) is 0. The van der Waals surface area contributed by atoms with Gasteiger partial charge in [0.1, 0.15) is 0 Å². The van der Waals surface area contributed by atoms with Crippen LogP contribution in [0.15, 0.2) is 60.7 Å². The van der Waals surface area contributed by atoms with Crippen LogP contribution in [0.2, 0.25) is 0 Å². The van der Waals surface area contributed by atoms with Gasteiger partial charge < -0.3 is 0 Å². The summed E-state index contributed by atoms with van der Waals surface area (Å²) in [7, 11) is 0. The Kier molecular flexibility index (Phi) is 4.08. The molecule has 0 aliphatic carbocycles. The number of Topliss-reactive ketones (excluding diaryl/α,β-unsaturated/α-hetero) is 2. The standard InChI is InChI=1S/C17H15FO2/c1-13(19)17(18,12-14-8-4-2-5-9-14)16(20)15-10-6-3-7-11-15/h2-11H,12H2,1H3/t17-/m0/s1. The molecule has 2 aromatic carbocycles. The summed E-state index contributed by atoms with van der Waals surface area (Å²) in [6.07, 6.45) is -0.239. The number of hydrogen-bond acceptors (Lipinski definition) is 2. The largest absolute Gasteiger partial charge is 0.296 e. The van der Waals surface area contributed by atoms with Crippen LogP contribution in [-0.4, -0.2) is 17.2 Å². The van der Waals surface area contributed by atoms with Crippen LogP contribution in [-0.2, 0) is 11.2 Å². The zero-order chi connectivity index (χ0) is 14.6. The van der Waals surface area contributed by atoms with Crippen molar-refractivity contribution in [3.63, 3.8) is 0 Å². The van der Waals surface area contributed by atoms with E-state index in [0.29, 0.717) is 5.56 Å². The van der Waals surface area contributed by atoms with E-state index in [-0.39, 0.29) is 12.0 Å². The first-order chi connectivity index (χ1) is 9.54. The molecular weight excluding hydrogens is 255 g/mol. The van der Waals surface area contributed by atoms with E-state index in [1.54, 1.807) is 48.5 Å². The van der Waals surface area contributed by atoms with E-state index in [9.17, 15) is 14.0 Å². The van der Waals surface area contributed by atoms with Gasteiger partial charge in [-0.15, -0.1) is 0 Å². The van der Waals surface area contributed by atoms with Crippen LogP contribution in [0, 0.1) is 0 Å². The van der Waals surface area contributed by atoms with Crippen LogP contribution in [0.3, 0.4) is 0 Å². The van der Waals surface area contributed by atoms with Crippen molar-refractivity contribution in [1.29, 1.82) is 0 Å². The van der Waals surface area contributed by atoms with Crippen LogP contribution in [0.1, 0.15) is 22.8 Å². The minimum absolute atomic E-state index is 0.209. The molecule has 2 nitrogen and oxygen atoms in total. The molecule has 0 heterocycles. The van der Waals surface area contributed by atoms with Crippen molar-refractivity contribution in [3.05, 3.63) is 71.8 Å². The number of carbonyl (C=O) groups is 2. The predicted molar refractivity (Wildman–Crippen MR) is 75.4 cm³/mol. The maximum Gasteiger partial charge on any atom is 0.234 e. The molecule has 0 spiro atoms. The lowest BCUT2D eigenvalue weighted by molar-refractivity contribution is -0.125. The lowest BCUT2D eigenvalue weighted by Crippen LogP contribution is -2.43. The quantitative estimate of drug-likeness (QED) is 0.616. The summed E-state index contributed by atoms with van der Waals surface area (Å²) in [4.78, 5) is 24.0. The fourth-order valence-corrected chi connectivity index (χ4v) is 2.06. The van der Waals surface area contributed by atoms with Crippen LogP contribution >= 0.6 is 0 Å². The number of ketones is 2. The number of rotatable bonds is 5. The fourth-order valence-electron chi connectivity index (χ4n) is 2.06. The van der Waals surface area contributed by atoms with Gasteiger partial charge >= 0.3 is 0 Å². The van der Waals surface area contributed by atoms with Crippen molar-refractivity contribution in [2.24, 2.45) is 0 Å². The summed E-state index contributed by atoms with van der Waals surface area (Å²) >= 11 is 0. The van der Waals surface area contributed by atoms with Crippen molar-refractivity contribution in [2.45, 2.75) is 19.0 Å². The van der Waals surface area contributed by atoms with Crippen LogP contribution in [0.25, 0.3) is 0 Å². The highest BCUT2D eigenvalue weighted by Crippen LogP contribution is 2.24. The monoisotopic (exact) mass is 270 g/mol. The number of hydrogen-bond donors (Lipinski definition) is 0. The Balaban J connectivity index is 2.35. The second kappa shape index (κ2) is 5.78. The van der Waals surface area contributed by atoms with E-state index in [2.05, 4.69) is 0 Å². The van der Waals surface area contributed by atoms with E-state index in [4.69, 9.17) is 0 Å². The van der Waals surface area contributed by atoms with Gasteiger partial charge in [0, 0.05) is 12.0 Å². The maximum absolute atomic E-state index is 15.0. The molecular formula is C17H15FO2. The molecule has 0 radical (unpaired) electrons. The molecule has 1 atom stereocenters. The zero-order valence-electron chi connectivity index (χ0n) is 11.2. The molecule has 0 aromatic heterocycles. The van der Waals surface area contributed by atoms with E-state index in [1.165, 1.54) is 12.1 Å². The smallest absolute Gasteiger partial charge is 0.234 e. The third kappa shape index (κ3) is 2.82. The van der Waals surface area contributed by atoms with Crippen LogP contribution in [0.5, 0.6) is 0 Å². The average molecular weight is 270 g/mol. The Bertz CT molecular complexity index is 607. The van der Waals surface area contributed by atoms with Gasteiger partial charge in [0.15, 0.2) is 5.78 Å². The lowest BCUT2D eigenvalue weighted by Gasteiger charge is -2.21. The molecule has 0 unspecified atom stereocenters. The van der Waals surface area contributed by atoms with Gasteiger partial charge in [-0.1, -0.05) is 60.7 Å². The van der Waals surface area contributed by atoms with E-state index in [1.807, 2.05) is 0 Å². The number of carbonyl (C=O) groups excluding carboxylic acids is 2. The van der Waals surface area contributed by atoms with E-state index in [0.717, 1.165) is 6.92 Å². The molecule has 0 saturated carbocycles. The summed E-state index contributed by atoms with van der Waals surface area (Å²) < 4.78 is 15.0. The number of alkyl halides is 1. The minimum atomic E-state index is -2.51. The minimum Gasteiger partial charge on any atom is -0.296 e. The van der Waals surface area contributed by atoms with Crippen molar-refractivity contribution in [2.75, 3.05) is 0 Å². The van der Waals surface area contributed by atoms with Crippen molar-refractivity contribution in [1.82, 2.24) is 0 Å². The van der Waals surface area contributed by atoms with Crippen LogP contribution < -0.4 is 0 Å². The Hall–Kier alpha value is -2.29. The predicted octanol–water partition coefficient (Wildman–Crippen LogP) is 3.41. The number of halogens is 1. The normalized spacial score (nSPS) is 13.5. The first kappa shape index (κ1) is 14.1. The Labute approximate surface area is 117 Å². The summed E-state index contributed by atoms with van der Waals surface area (Å²) in [6, 6.07) is 16.8. The highest BCUT2D eigenvalue weighted by molar-refractivity contribution is 6.17. The topological polar surface area (TPSA) is 34.1 Å². The molecule has 0 amide bonds. The molecule has 0 N–H and O–H groups in total. The molecule has 0 fully saturated rings. The molecule has 20 heavy (non-hydrogen) atoms. The average Bonchev–Trinajstić information content (AvgIpc) is 2.48. The van der Waals surface area contributed by atoms with Crippen molar-refractivity contribution >= 4 is 11.6 Å². The first-order valence-corrected chi connectivity index (χ1v) is 6.38. The van der Waals surface area contributed by atoms with Gasteiger partial charge in [0.25, 0.3) is 0 Å². The summed E-state index contributed by atoms with van der Waals surface area (Å²) in [5.41, 5.74) is -1.68. The third-order valence-electron chi connectivity index (χ3n) is 3.24. The Morgan fingerprint density at radius 1 is 0.950 bits per heavy atom. The van der Waals surface area contributed by atoms with Crippen molar-refractivity contribution < 1.29 is 14.0 Å². The number of benzene rings is 2. The second-order valence-corrected chi connectivity index (χ2v) is 4.71. The molecule has 0 aliphatic heterocycles. The molecule has 2 aromatic rings. The SMILES string of the molecule is CC(=O)[C@@](F)(Cc1ccccc1)C(=O)c1ccccc1. The fraction of sp³-hybridized carbons (Fsp3) is 0.176. The van der Waals surface area contributed by atoms with Crippen LogP contribution in [0.4, 0.5) is 4.39 Å². The Morgan fingerprint density at radius 2 is 1.45 bits per heavy atom. The van der Waals surface area contributed by atoms with Gasteiger partial charge in [-0.2, -0.15) is 0 Å². The first-order valence-electron chi connectivity index (χ1n) is 6.38. The molecule has 102 valence electrons. The van der Waals surface area contributed by atoms with Gasteiger partial charge in [-0.05, 0) is 12.5 Å². The van der Waals surface area contributed by atoms with E-state index < -0.39 is 17.2 Å². The molecule has 2 rings (SSSR count). The molecule has 0 saturated heterocycles. The lowest BCUT2D eigenvalue weighted by atomic mass is 9.85. The Morgan fingerprint density at radius 3 is 1.95 bits per heavy atom. The van der Waals surface area contributed by atoms with Gasteiger partial charge in [0.2, 0.25) is 11.5 Å². The van der Waals surface area contributed by atoms with E-state index >= 15 is 0 Å². The molecule has 0 aliphatic rings. The highest BCUT2D eigenvalue weighted by Gasteiger charge is 2.43. The summed E-state index contributed by atoms with van der Waals surface area (Å²) in [6.45, 7) is 1.11. The van der Waals surface area contributed by atoms with Gasteiger partial charge in [-0.3, -0.25) is 9.59 Å². The molecule has 3 heteroatoms.